The number of amides is 1. The number of carbonyl (C=O) groups excluding carboxylic acids is 1. The van der Waals surface area contributed by atoms with Gasteiger partial charge in [-0.2, -0.15) is 0 Å². The van der Waals surface area contributed by atoms with E-state index in [1.807, 2.05) is 12.1 Å². The largest absolute Gasteiger partial charge is 0.369 e. The number of carbonyl (C=O) groups is 1. The third-order valence-corrected chi connectivity index (χ3v) is 6.19. The lowest BCUT2D eigenvalue weighted by atomic mass is 9.84. The topological polar surface area (TPSA) is 26.8 Å². The van der Waals surface area contributed by atoms with Gasteiger partial charge in [0.1, 0.15) is 5.82 Å². The molecule has 1 aromatic rings. The average molecular weight is 345 g/mol. The third kappa shape index (κ3) is 3.66. The summed E-state index contributed by atoms with van der Waals surface area (Å²) in [6.45, 7) is 5.84. The molecule has 0 spiro atoms. The van der Waals surface area contributed by atoms with Crippen LogP contribution >= 0.6 is 0 Å². The van der Waals surface area contributed by atoms with E-state index in [1.54, 1.807) is 0 Å². The summed E-state index contributed by atoms with van der Waals surface area (Å²) in [4.78, 5) is 19.6. The minimum Gasteiger partial charge on any atom is -0.369 e. The molecule has 1 amide bonds. The molecule has 1 atom stereocenters. The second-order valence-corrected chi connectivity index (χ2v) is 7.71. The maximum Gasteiger partial charge on any atom is 0.225 e. The lowest BCUT2D eigenvalue weighted by Gasteiger charge is -2.45. The average Bonchev–Trinajstić information content (AvgIpc) is 2.61. The second-order valence-electron chi connectivity index (χ2n) is 7.71. The molecule has 3 fully saturated rings. The van der Waals surface area contributed by atoms with Gasteiger partial charge in [-0.05, 0) is 49.9 Å². The standard InChI is InChI=1S/C20H28FN3O/c21-17-6-8-18(9-7-17)22-11-13-23(14-12-22)19-5-2-10-24(15-19)20(25)16-3-1-4-16/h6-9,16,19H,1-5,10-15H2/t19-/m1/s1. The van der Waals surface area contributed by atoms with E-state index in [4.69, 9.17) is 0 Å². The van der Waals surface area contributed by atoms with Gasteiger partial charge in [0, 0.05) is 56.9 Å². The SMILES string of the molecule is O=C(C1CCC1)N1CCC[C@@H](N2CCN(c3ccc(F)cc3)CC2)C1. The van der Waals surface area contributed by atoms with Crippen LogP contribution in [0.3, 0.4) is 0 Å². The van der Waals surface area contributed by atoms with Crippen LogP contribution in [-0.2, 0) is 4.79 Å². The van der Waals surface area contributed by atoms with E-state index in [0.29, 0.717) is 17.9 Å². The molecule has 2 saturated heterocycles. The van der Waals surface area contributed by atoms with Gasteiger partial charge in [-0.15, -0.1) is 0 Å². The van der Waals surface area contributed by atoms with Crippen LogP contribution in [0.1, 0.15) is 32.1 Å². The van der Waals surface area contributed by atoms with Crippen molar-refractivity contribution in [2.75, 3.05) is 44.2 Å². The number of benzene rings is 1. The molecule has 3 aliphatic rings. The Morgan fingerprint density at radius 3 is 2.28 bits per heavy atom. The van der Waals surface area contributed by atoms with E-state index in [9.17, 15) is 9.18 Å². The van der Waals surface area contributed by atoms with E-state index in [2.05, 4.69) is 14.7 Å². The van der Waals surface area contributed by atoms with E-state index < -0.39 is 0 Å². The summed E-state index contributed by atoms with van der Waals surface area (Å²) in [7, 11) is 0. The predicted molar refractivity (Wildman–Crippen MR) is 97.1 cm³/mol. The normalized spacial score (nSPS) is 25.7. The number of rotatable bonds is 3. The highest BCUT2D eigenvalue weighted by molar-refractivity contribution is 5.79. The minimum absolute atomic E-state index is 0.180. The first-order valence-corrected chi connectivity index (χ1v) is 9.74. The molecule has 0 aromatic heterocycles. The summed E-state index contributed by atoms with van der Waals surface area (Å²) in [5, 5.41) is 0. The van der Waals surface area contributed by atoms with Crippen LogP contribution in [0.15, 0.2) is 24.3 Å². The molecule has 1 aliphatic carbocycles. The Hall–Kier alpha value is -1.62. The second kappa shape index (κ2) is 7.32. The number of nitrogens with zero attached hydrogens (tertiary/aromatic N) is 3. The lowest BCUT2D eigenvalue weighted by molar-refractivity contribution is -0.140. The Morgan fingerprint density at radius 1 is 0.920 bits per heavy atom. The van der Waals surface area contributed by atoms with E-state index in [-0.39, 0.29) is 5.82 Å². The zero-order valence-corrected chi connectivity index (χ0v) is 14.9. The van der Waals surface area contributed by atoms with Crippen LogP contribution in [0.2, 0.25) is 0 Å². The summed E-state index contributed by atoms with van der Waals surface area (Å²) < 4.78 is 13.1. The highest BCUT2D eigenvalue weighted by atomic mass is 19.1. The van der Waals surface area contributed by atoms with Gasteiger partial charge < -0.3 is 9.80 Å². The van der Waals surface area contributed by atoms with Gasteiger partial charge in [0.15, 0.2) is 0 Å². The fraction of sp³-hybridized carbons (Fsp3) is 0.650. The summed E-state index contributed by atoms with van der Waals surface area (Å²) in [6.07, 6.45) is 5.73. The van der Waals surface area contributed by atoms with E-state index in [1.165, 1.54) is 25.0 Å². The predicted octanol–water partition coefficient (Wildman–Crippen LogP) is 2.74. The molecule has 0 bridgehead atoms. The number of hydrogen-bond acceptors (Lipinski definition) is 3. The van der Waals surface area contributed by atoms with Gasteiger partial charge in [0.05, 0.1) is 0 Å². The molecule has 0 N–H and O–H groups in total. The van der Waals surface area contributed by atoms with Crippen LogP contribution in [0.5, 0.6) is 0 Å². The maximum absolute atomic E-state index is 13.1. The maximum atomic E-state index is 13.1. The highest BCUT2D eigenvalue weighted by Crippen LogP contribution is 2.30. The third-order valence-electron chi connectivity index (χ3n) is 6.19. The number of piperidine rings is 1. The van der Waals surface area contributed by atoms with Gasteiger partial charge in [0.2, 0.25) is 5.91 Å². The van der Waals surface area contributed by atoms with Crippen LogP contribution < -0.4 is 4.90 Å². The van der Waals surface area contributed by atoms with Gasteiger partial charge in [-0.25, -0.2) is 4.39 Å². The first-order chi connectivity index (χ1) is 12.2. The first kappa shape index (κ1) is 16.8. The Balaban J connectivity index is 1.31. The monoisotopic (exact) mass is 345 g/mol. The van der Waals surface area contributed by atoms with Gasteiger partial charge in [0.25, 0.3) is 0 Å². The zero-order chi connectivity index (χ0) is 17.2. The van der Waals surface area contributed by atoms with Crippen molar-refractivity contribution in [3.63, 3.8) is 0 Å². The fourth-order valence-corrected chi connectivity index (χ4v) is 4.36. The molecular formula is C20H28FN3O. The van der Waals surface area contributed by atoms with Gasteiger partial charge >= 0.3 is 0 Å². The first-order valence-electron chi connectivity index (χ1n) is 9.74. The number of hydrogen-bond donors (Lipinski definition) is 0. The summed E-state index contributed by atoms with van der Waals surface area (Å²) in [5.74, 6) is 0.538. The summed E-state index contributed by atoms with van der Waals surface area (Å²) in [6, 6.07) is 7.31. The molecule has 5 heteroatoms. The lowest BCUT2D eigenvalue weighted by Crippen LogP contribution is -2.56. The zero-order valence-electron chi connectivity index (χ0n) is 14.9. The molecule has 1 aromatic carbocycles. The molecule has 4 nitrogen and oxygen atoms in total. The summed E-state index contributed by atoms with van der Waals surface area (Å²) >= 11 is 0. The van der Waals surface area contributed by atoms with Crippen molar-refractivity contribution in [1.29, 1.82) is 0 Å². The quantitative estimate of drug-likeness (QED) is 0.843. The van der Waals surface area contributed by atoms with Crippen molar-refractivity contribution in [1.82, 2.24) is 9.80 Å². The Morgan fingerprint density at radius 2 is 1.64 bits per heavy atom. The van der Waals surface area contributed by atoms with Crippen molar-refractivity contribution < 1.29 is 9.18 Å². The smallest absolute Gasteiger partial charge is 0.225 e. The van der Waals surface area contributed by atoms with E-state index >= 15 is 0 Å². The molecule has 25 heavy (non-hydrogen) atoms. The van der Waals surface area contributed by atoms with Crippen LogP contribution in [0, 0.1) is 11.7 Å². The van der Waals surface area contributed by atoms with Crippen molar-refractivity contribution in [3.05, 3.63) is 30.1 Å². The Labute approximate surface area is 149 Å². The van der Waals surface area contributed by atoms with Crippen molar-refractivity contribution in [2.45, 2.75) is 38.1 Å². The Bertz CT molecular complexity index is 593. The van der Waals surface area contributed by atoms with Gasteiger partial charge in [-0.1, -0.05) is 6.42 Å². The van der Waals surface area contributed by atoms with Gasteiger partial charge in [-0.3, -0.25) is 9.69 Å². The van der Waals surface area contributed by atoms with Crippen molar-refractivity contribution in [2.24, 2.45) is 5.92 Å². The molecule has 2 aliphatic heterocycles. The number of likely N-dealkylation sites (tertiary alicyclic amines) is 1. The van der Waals surface area contributed by atoms with Crippen molar-refractivity contribution in [3.8, 4) is 0 Å². The van der Waals surface area contributed by atoms with Crippen molar-refractivity contribution >= 4 is 11.6 Å². The van der Waals surface area contributed by atoms with Crippen LogP contribution in [-0.4, -0.2) is 61.0 Å². The van der Waals surface area contributed by atoms with E-state index in [0.717, 1.165) is 64.2 Å². The molecule has 4 rings (SSSR count). The number of halogens is 1. The molecule has 0 unspecified atom stereocenters. The molecule has 136 valence electrons. The minimum atomic E-state index is -0.180. The highest BCUT2D eigenvalue weighted by Gasteiger charge is 2.34. The molecular weight excluding hydrogens is 317 g/mol. The fourth-order valence-electron chi connectivity index (χ4n) is 4.36. The number of piperazine rings is 1. The number of anilines is 1. The molecule has 0 radical (unpaired) electrons. The van der Waals surface area contributed by atoms with Crippen LogP contribution in [0.25, 0.3) is 0 Å². The molecule has 1 saturated carbocycles. The summed E-state index contributed by atoms with van der Waals surface area (Å²) in [5.41, 5.74) is 1.10. The molecule has 2 heterocycles. The Kier molecular flexibility index (Phi) is 4.93. The van der Waals surface area contributed by atoms with Crippen LogP contribution in [0.4, 0.5) is 10.1 Å².